The summed E-state index contributed by atoms with van der Waals surface area (Å²) in [5.74, 6) is -2.01. The van der Waals surface area contributed by atoms with Crippen molar-refractivity contribution in [1.29, 1.82) is 0 Å². The minimum absolute atomic E-state index is 0.0129. The van der Waals surface area contributed by atoms with Crippen molar-refractivity contribution < 1.29 is 24.2 Å². The quantitative estimate of drug-likeness (QED) is 0.582. The summed E-state index contributed by atoms with van der Waals surface area (Å²) in [4.78, 5) is 23.7. The Hall–Kier alpha value is -2.37. The van der Waals surface area contributed by atoms with Crippen LogP contribution in [0.4, 0.5) is 0 Å². The van der Waals surface area contributed by atoms with Gasteiger partial charge in [0, 0.05) is 11.5 Å². The highest BCUT2D eigenvalue weighted by molar-refractivity contribution is 6.19. The van der Waals surface area contributed by atoms with E-state index < -0.39 is 23.6 Å². The van der Waals surface area contributed by atoms with Gasteiger partial charge in [-0.3, -0.25) is 0 Å². The number of carbonyl (C=O) groups is 2. The van der Waals surface area contributed by atoms with Crippen LogP contribution in [0.5, 0.6) is 0 Å². The van der Waals surface area contributed by atoms with Gasteiger partial charge in [0.05, 0.1) is 11.5 Å². The molecule has 1 saturated heterocycles. The van der Waals surface area contributed by atoms with E-state index in [1.54, 1.807) is 24.3 Å². The minimum Gasteiger partial charge on any atom is -0.545 e. The molecule has 1 aliphatic heterocycles. The Kier molecular flexibility index (Phi) is 5.82. The highest BCUT2D eigenvalue weighted by atomic mass is 35.5. The van der Waals surface area contributed by atoms with Crippen LogP contribution in [-0.2, 0) is 9.47 Å². The van der Waals surface area contributed by atoms with Crippen molar-refractivity contribution in [2.75, 3.05) is 6.61 Å². The first-order chi connectivity index (χ1) is 12.8. The molecule has 3 atom stereocenters. The third-order valence-electron chi connectivity index (χ3n) is 4.70. The van der Waals surface area contributed by atoms with Gasteiger partial charge in [-0.2, -0.15) is 0 Å². The van der Waals surface area contributed by atoms with E-state index in [0.717, 1.165) is 11.1 Å². The average Bonchev–Trinajstić information content (AvgIpc) is 3.00. The van der Waals surface area contributed by atoms with Crippen molar-refractivity contribution in [2.24, 2.45) is 0 Å². The van der Waals surface area contributed by atoms with Crippen LogP contribution >= 0.6 is 11.6 Å². The normalized spacial score (nSPS) is 21.8. The number of aromatic carboxylic acids is 1. The highest BCUT2D eigenvalue weighted by Gasteiger charge is 2.37. The average molecular weight is 388 g/mol. The Labute approximate surface area is 162 Å². The smallest absolute Gasteiger partial charge is 0.338 e. The molecule has 2 aromatic carbocycles. The lowest BCUT2D eigenvalue weighted by Gasteiger charge is -2.22. The number of benzene rings is 2. The van der Waals surface area contributed by atoms with E-state index in [2.05, 4.69) is 0 Å². The molecule has 2 aromatic rings. The molecule has 0 aromatic heterocycles. The third kappa shape index (κ3) is 4.49. The number of alkyl halides is 1. The second-order valence-electron chi connectivity index (χ2n) is 6.77. The zero-order valence-corrected chi connectivity index (χ0v) is 15.9. The number of carbonyl (C=O) groups excluding carboxylic acids is 2. The van der Waals surface area contributed by atoms with Crippen molar-refractivity contribution in [2.45, 2.75) is 37.9 Å². The number of carboxylic acids is 1. The highest BCUT2D eigenvalue weighted by Crippen LogP contribution is 2.38. The van der Waals surface area contributed by atoms with Gasteiger partial charge in [0.2, 0.25) is 0 Å². The van der Waals surface area contributed by atoms with E-state index in [0.29, 0.717) is 17.5 Å². The summed E-state index contributed by atoms with van der Waals surface area (Å²) < 4.78 is 11.1. The lowest BCUT2D eigenvalue weighted by molar-refractivity contribution is -0.255. The molecule has 1 unspecified atom stereocenters. The molecule has 3 rings (SSSR count). The maximum Gasteiger partial charge on any atom is 0.338 e. The molecule has 0 amide bonds. The number of rotatable bonds is 5. The van der Waals surface area contributed by atoms with Crippen LogP contribution in [0.15, 0.2) is 42.5 Å². The predicted molar refractivity (Wildman–Crippen MR) is 98.8 cm³/mol. The molecule has 142 valence electrons. The predicted octanol–water partition coefficient (Wildman–Crippen LogP) is 2.96. The fourth-order valence-corrected chi connectivity index (χ4v) is 3.60. The summed E-state index contributed by atoms with van der Waals surface area (Å²) in [5.41, 5.74) is 2.54. The monoisotopic (exact) mass is 387 g/mol. The largest absolute Gasteiger partial charge is 0.545 e. The van der Waals surface area contributed by atoms with Crippen molar-refractivity contribution in [3.63, 3.8) is 0 Å². The van der Waals surface area contributed by atoms with E-state index in [1.165, 1.54) is 6.07 Å². The Morgan fingerprint density at radius 3 is 2.48 bits per heavy atom. The fourth-order valence-electron chi connectivity index (χ4n) is 3.28. The van der Waals surface area contributed by atoms with E-state index in [4.69, 9.17) is 21.1 Å². The summed E-state index contributed by atoms with van der Waals surface area (Å²) in [7, 11) is 0. The molecule has 0 aliphatic carbocycles. The molecule has 0 N–H and O–H groups in total. The van der Waals surface area contributed by atoms with E-state index in [9.17, 15) is 14.7 Å². The molecular weight excluding hydrogens is 368 g/mol. The van der Waals surface area contributed by atoms with Gasteiger partial charge >= 0.3 is 5.97 Å². The number of esters is 1. The summed E-state index contributed by atoms with van der Waals surface area (Å²) in [6, 6.07) is 12.1. The molecule has 1 fully saturated rings. The van der Waals surface area contributed by atoms with Crippen LogP contribution in [0, 0.1) is 13.8 Å². The Bertz CT molecular complexity index is 846. The zero-order valence-electron chi connectivity index (χ0n) is 15.1. The van der Waals surface area contributed by atoms with Gasteiger partial charge in [-0.15, -0.1) is 0 Å². The van der Waals surface area contributed by atoms with Gasteiger partial charge in [-0.05, 0) is 38.0 Å². The second kappa shape index (κ2) is 8.11. The number of halogens is 1. The number of hydrogen-bond donors (Lipinski definition) is 0. The maximum atomic E-state index is 12.3. The Morgan fingerprint density at radius 1 is 1.15 bits per heavy atom. The number of aryl methyl sites for hydroxylation is 2. The van der Waals surface area contributed by atoms with Crippen LogP contribution in [-0.4, -0.2) is 30.2 Å². The first-order valence-corrected chi connectivity index (χ1v) is 9.14. The molecule has 0 spiro atoms. The van der Waals surface area contributed by atoms with Crippen molar-refractivity contribution in [1.82, 2.24) is 0 Å². The van der Waals surface area contributed by atoms with Gasteiger partial charge < -0.3 is 19.4 Å². The number of hydrogen-bond acceptors (Lipinski definition) is 5. The van der Waals surface area contributed by atoms with Crippen molar-refractivity contribution in [3.8, 4) is 0 Å². The van der Waals surface area contributed by atoms with E-state index in [1.807, 2.05) is 26.0 Å². The maximum absolute atomic E-state index is 12.3. The van der Waals surface area contributed by atoms with Crippen LogP contribution in [0.25, 0.3) is 0 Å². The first-order valence-electron chi connectivity index (χ1n) is 8.70. The Morgan fingerprint density at radius 2 is 1.81 bits per heavy atom. The number of carboxylic acid groups (broad SMARTS) is 1. The van der Waals surface area contributed by atoms with Crippen molar-refractivity contribution in [3.05, 3.63) is 70.3 Å². The summed E-state index contributed by atoms with van der Waals surface area (Å²) in [5, 5.41) is 11.5. The van der Waals surface area contributed by atoms with Crippen LogP contribution in [0.3, 0.4) is 0 Å². The molecule has 27 heavy (non-hydrogen) atoms. The molecule has 0 saturated carbocycles. The lowest BCUT2D eigenvalue weighted by atomic mass is 9.88. The molecule has 6 heteroatoms. The topological polar surface area (TPSA) is 75.7 Å². The molecule has 0 bridgehead atoms. The summed E-state index contributed by atoms with van der Waals surface area (Å²) >= 11 is 6.15. The van der Waals surface area contributed by atoms with Gasteiger partial charge in [-0.1, -0.05) is 53.1 Å². The molecule has 5 nitrogen and oxygen atoms in total. The van der Waals surface area contributed by atoms with E-state index >= 15 is 0 Å². The summed E-state index contributed by atoms with van der Waals surface area (Å²) in [6.07, 6.45) is -0.0975. The van der Waals surface area contributed by atoms with Crippen molar-refractivity contribution >= 4 is 23.5 Å². The van der Waals surface area contributed by atoms with Crippen LogP contribution < -0.4 is 5.11 Å². The standard InChI is InChI=1S/C21H21ClO5/c1-12-3-6-14(7-4-12)21(25)26-11-18-17(10-19(22)27-18)16-9-13(2)5-8-15(16)20(23)24/h3-9,17-19H,10-11H2,1-2H3,(H,23,24)/p-1/t17-,18-,19?/m0/s1. The SMILES string of the molecule is Cc1ccc(C(=O)OC[C@@H]2OC(Cl)C[C@H]2c2cc(C)ccc2C(=O)[O-])cc1. The zero-order chi connectivity index (χ0) is 19.6. The summed E-state index contributed by atoms with van der Waals surface area (Å²) in [6.45, 7) is 3.80. The minimum atomic E-state index is -1.25. The molecule has 1 heterocycles. The molecule has 1 aliphatic rings. The molecule has 0 radical (unpaired) electrons. The van der Waals surface area contributed by atoms with Gasteiger partial charge in [0.15, 0.2) is 0 Å². The number of ether oxygens (including phenoxy) is 2. The van der Waals surface area contributed by atoms with Gasteiger partial charge in [0.1, 0.15) is 18.3 Å². The van der Waals surface area contributed by atoms with Gasteiger partial charge in [-0.25, -0.2) is 4.79 Å². The van der Waals surface area contributed by atoms with E-state index in [-0.39, 0.29) is 18.1 Å². The lowest BCUT2D eigenvalue weighted by Crippen LogP contribution is -2.28. The first kappa shape index (κ1) is 19.4. The Balaban J connectivity index is 1.77. The second-order valence-corrected chi connectivity index (χ2v) is 7.26. The van der Waals surface area contributed by atoms with Gasteiger partial charge in [0.25, 0.3) is 0 Å². The molecular formula is C21H20ClO5-. The van der Waals surface area contributed by atoms with Crippen LogP contribution in [0.2, 0.25) is 0 Å². The fraction of sp³-hybridized carbons (Fsp3) is 0.333. The van der Waals surface area contributed by atoms with Crippen LogP contribution in [0.1, 0.15) is 49.7 Å². The third-order valence-corrected chi connectivity index (χ3v) is 4.98.